The van der Waals surface area contributed by atoms with Crippen LogP contribution in [0.1, 0.15) is 34.1 Å². The van der Waals surface area contributed by atoms with E-state index in [0.717, 1.165) is 12.1 Å². The van der Waals surface area contributed by atoms with E-state index in [0.29, 0.717) is 5.56 Å². The SMILES string of the molecule is N#Cc1ccnc(C(=O)N2C[C@H](O)C[C@@H]2c2ccc(F)c(F)c2)c1. The van der Waals surface area contributed by atoms with Crippen molar-refractivity contribution in [3.8, 4) is 6.07 Å². The average Bonchev–Trinajstić information content (AvgIpc) is 2.98. The summed E-state index contributed by atoms with van der Waals surface area (Å²) in [4.78, 5) is 18.0. The predicted octanol–water partition coefficient (Wildman–Crippen LogP) is 2.18. The Hall–Kier alpha value is -2.85. The monoisotopic (exact) mass is 329 g/mol. The van der Waals surface area contributed by atoms with Gasteiger partial charge in [-0.25, -0.2) is 8.78 Å². The molecule has 5 nitrogen and oxygen atoms in total. The largest absolute Gasteiger partial charge is 0.391 e. The quantitative estimate of drug-likeness (QED) is 0.916. The Labute approximate surface area is 136 Å². The molecule has 1 aliphatic heterocycles. The van der Waals surface area contributed by atoms with Gasteiger partial charge < -0.3 is 10.0 Å². The number of amides is 1. The first-order chi connectivity index (χ1) is 11.5. The van der Waals surface area contributed by atoms with Crippen LogP contribution in [0.4, 0.5) is 8.78 Å². The molecule has 0 unspecified atom stereocenters. The Morgan fingerprint density at radius 1 is 1.29 bits per heavy atom. The second-order valence-corrected chi connectivity index (χ2v) is 5.58. The van der Waals surface area contributed by atoms with Crippen LogP contribution in [0, 0.1) is 23.0 Å². The zero-order valence-electron chi connectivity index (χ0n) is 12.5. The van der Waals surface area contributed by atoms with E-state index in [1.165, 1.54) is 29.3 Å². The number of nitriles is 1. The van der Waals surface area contributed by atoms with Crippen LogP contribution in [0.15, 0.2) is 36.5 Å². The molecule has 1 aromatic heterocycles. The number of halogens is 2. The summed E-state index contributed by atoms with van der Waals surface area (Å²) in [6, 6.07) is 7.58. The Morgan fingerprint density at radius 3 is 2.79 bits per heavy atom. The van der Waals surface area contributed by atoms with E-state index in [2.05, 4.69) is 4.98 Å². The highest BCUT2D eigenvalue weighted by Crippen LogP contribution is 2.33. The van der Waals surface area contributed by atoms with Crippen LogP contribution in [0.2, 0.25) is 0 Å². The van der Waals surface area contributed by atoms with Crippen LogP contribution in [-0.2, 0) is 0 Å². The van der Waals surface area contributed by atoms with Crippen LogP contribution < -0.4 is 0 Å². The third kappa shape index (κ3) is 2.96. The first-order valence-electron chi connectivity index (χ1n) is 7.29. The highest BCUT2D eigenvalue weighted by molar-refractivity contribution is 5.93. The van der Waals surface area contributed by atoms with Crippen molar-refractivity contribution < 1.29 is 18.7 Å². The number of nitrogens with zero attached hydrogens (tertiary/aromatic N) is 3. The number of hydrogen-bond donors (Lipinski definition) is 1. The van der Waals surface area contributed by atoms with Gasteiger partial charge in [0.1, 0.15) is 5.69 Å². The van der Waals surface area contributed by atoms with Crippen molar-refractivity contribution in [3.05, 3.63) is 65.0 Å². The maximum absolute atomic E-state index is 13.5. The molecule has 7 heteroatoms. The molecule has 24 heavy (non-hydrogen) atoms. The molecule has 2 aromatic rings. The van der Waals surface area contributed by atoms with E-state index in [1.807, 2.05) is 6.07 Å². The summed E-state index contributed by atoms with van der Waals surface area (Å²) in [6.45, 7) is 0.0565. The Balaban J connectivity index is 1.93. The van der Waals surface area contributed by atoms with Crippen LogP contribution in [0.3, 0.4) is 0 Å². The predicted molar refractivity (Wildman–Crippen MR) is 79.7 cm³/mol. The number of aromatic nitrogens is 1. The second kappa shape index (κ2) is 6.34. The second-order valence-electron chi connectivity index (χ2n) is 5.58. The molecule has 1 amide bonds. The van der Waals surface area contributed by atoms with Crippen molar-refractivity contribution in [2.75, 3.05) is 6.54 Å². The van der Waals surface area contributed by atoms with Crippen LogP contribution in [0.5, 0.6) is 0 Å². The lowest BCUT2D eigenvalue weighted by Crippen LogP contribution is -2.32. The first-order valence-corrected chi connectivity index (χ1v) is 7.29. The summed E-state index contributed by atoms with van der Waals surface area (Å²) in [5.74, 6) is -2.46. The van der Waals surface area contributed by atoms with Crippen LogP contribution in [-0.4, -0.2) is 33.5 Å². The number of likely N-dealkylation sites (tertiary alicyclic amines) is 1. The van der Waals surface area contributed by atoms with E-state index < -0.39 is 29.7 Å². The molecule has 3 rings (SSSR count). The van der Waals surface area contributed by atoms with Crippen LogP contribution in [0.25, 0.3) is 0 Å². The summed E-state index contributed by atoms with van der Waals surface area (Å²) in [5, 5.41) is 18.8. The number of aliphatic hydroxyl groups excluding tert-OH is 1. The fourth-order valence-electron chi connectivity index (χ4n) is 2.84. The first kappa shape index (κ1) is 16.0. The van der Waals surface area contributed by atoms with Gasteiger partial charge >= 0.3 is 0 Å². The minimum atomic E-state index is -1.01. The highest BCUT2D eigenvalue weighted by atomic mass is 19.2. The smallest absolute Gasteiger partial charge is 0.273 e. The van der Waals surface area contributed by atoms with Gasteiger partial charge in [0, 0.05) is 12.7 Å². The number of pyridine rings is 1. The maximum Gasteiger partial charge on any atom is 0.273 e. The number of β-amino-alcohol motifs (C(OH)–C–C–N with tert-alkyl or cyclic N) is 1. The van der Waals surface area contributed by atoms with E-state index in [-0.39, 0.29) is 24.2 Å². The van der Waals surface area contributed by atoms with Gasteiger partial charge in [-0.2, -0.15) is 5.26 Å². The van der Waals surface area contributed by atoms with Crippen molar-refractivity contribution in [2.45, 2.75) is 18.6 Å². The number of carbonyl (C=O) groups excluding carboxylic acids is 1. The average molecular weight is 329 g/mol. The van der Waals surface area contributed by atoms with Gasteiger partial charge in [0.25, 0.3) is 5.91 Å². The number of rotatable bonds is 2. The zero-order chi connectivity index (χ0) is 17.3. The van der Waals surface area contributed by atoms with E-state index >= 15 is 0 Å². The third-order valence-electron chi connectivity index (χ3n) is 3.98. The summed E-state index contributed by atoms with van der Waals surface area (Å²) in [6.07, 6.45) is 0.797. The maximum atomic E-state index is 13.5. The van der Waals surface area contributed by atoms with Crippen molar-refractivity contribution in [1.82, 2.24) is 9.88 Å². The lowest BCUT2D eigenvalue weighted by atomic mass is 10.0. The van der Waals surface area contributed by atoms with Gasteiger partial charge in [0.05, 0.1) is 23.8 Å². The van der Waals surface area contributed by atoms with Crippen molar-refractivity contribution in [3.63, 3.8) is 0 Å². The Morgan fingerprint density at radius 2 is 2.08 bits per heavy atom. The van der Waals surface area contributed by atoms with Crippen molar-refractivity contribution in [2.24, 2.45) is 0 Å². The normalized spacial score (nSPS) is 20.0. The molecule has 0 aliphatic carbocycles. The minimum absolute atomic E-state index is 0.0565. The standard InChI is InChI=1S/C17H13F2N3O2/c18-13-2-1-11(6-14(13)19)16-7-12(23)9-22(16)17(24)15-5-10(8-20)3-4-21-15/h1-6,12,16,23H,7,9H2/t12-,16-/m1/s1. The lowest BCUT2D eigenvalue weighted by Gasteiger charge is -2.24. The lowest BCUT2D eigenvalue weighted by molar-refractivity contribution is 0.0709. The van der Waals surface area contributed by atoms with E-state index in [1.54, 1.807) is 0 Å². The molecular formula is C17H13F2N3O2. The summed E-state index contributed by atoms with van der Waals surface area (Å²) >= 11 is 0. The molecule has 1 aliphatic rings. The molecular weight excluding hydrogens is 316 g/mol. The molecule has 1 aromatic carbocycles. The molecule has 0 saturated carbocycles. The molecule has 122 valence electrons. The fraction of sp³-hybridized carbons (Fsp3) is 0.235. The zero-order valence-corrected chi connectivity index (χ0v) is 12.5. The van der Waals surface area contributed by atoms with Gasteiger partial charge in [0.2, 0.25) is 0 Å². The van der Waals surface area contributed by atoms with Gasteiger partial charge in [-0.1, -0.05) is 6.07 Å². The number of carbonyl (C=O) groups is 1. The molecule has 0 bridgehead atoms. The van der Waals surface area contributed by atoms with Crippen LogP contribution >= 0.6 is 0 Å². The third-order valence-corrected chi connectivity index (χ3v) is 3.98. The molecule has 0 spiro atoms. The number of benzene rings is 1. The highest BCUT2D eigenvalue weighted by Gasteiger charge is 2.36. The summed E-state index contributed by atoms with van der Waals surface area (Å²) in [7, 11) is 0. The molecule has 0 radical (unpaired) electrons. The topological polar surface area (TPSA) is 77.2 Å². The van der Waals surface area contributed by atoms with Gasteiger partial charge in [0.15, 0.2) is 11.6 Å². The number of hydrogen-bond acceptors (Lipinski definition) is 4. The van der Waals surface area contributed by atoms with Gasteiger partial charge in [-0.3, -0.25) is 9.78 Å². The van der Waals surface area contributed by atoms with Gasteiger partial charge in [-0.05, 0) is 36.2 Å². The van der Waals surface area contributed by atoms with Gasteiger partial charge in [-0.15, -0.1) is 0 Å². The molecule has 1 saturated heterocycles. The van der Waals surface area contributed by atoms with Crippen molar-refractivity contribution in [1.29, 1.82) is 5.26 Å². The fourth-order valence-corrected chi connectivity index (χ4v) is 2.84. The number of aliphatic hydroxyl groups is 1. The molecule has 2 atom stereocenters. The molecule has 1 N–H and O–H groups in total. The van der Waals surface area contributed by atoms with E-state index in [4.69, 9.17) is 5.26 Å². The summed E-state index contributed by atoms with van der Waals surface area (Å²) in [5.41, 5.74) is 0.753. The summed E-state index contributed by atoms with van der Waals surface area (Å²) < 4.78 is 26.6. The molecule has 2 heterocycles. The van der Waals surface area contributed by atoms with Crippen molar-refractivity contribution >= 4 is 5.91 Å². The minimum Gasteiger partial charge on any atom is -0.391 e. The Kier molecular flexibility index (Phi) is 4.23. The Bertz CT molecular complexity index is 835. The molecule has 1 fully saturated rings. The van der Waals surface area contributed by atoms with E-state index in [9.17, 15) is 18.7 Å².